The van der Waals surface area contributed by atoms with E-state index in [1.807, 2.05) is 60.0 Å². The molecule has 1 heterocycles. The molecule has 3 aromatic rings. The molecule has 130 valence electrons. The minimum atomic E-state index is -0.606. The number of halogens is 2. The van der Waals surface area contributed by atoms with E-state index in [0.717, 1.165) is 21.3 Å². The number of nitrogens with zero attached hydrogens (tertiary/aromatic N) is 1. The molecule has 0 radical (unpaired) electrons. The van der Waals surface area contributed by atoms with Gasteiger partial charge in [0, 0.05) is 15.4 Å². The summed E-state index contributed by atoms with van der Waals surface area (Å²) < 4.78 is 0.989. The van der Waals surface area contributed by atoms with E-state index in [1.165, 1.54) is 11.3 Å². The largest absolute Gasteiger partial charge is 0.320 e. The third kappa shape index (κ3) is 5.37. The first-order valence-electron chi connectivity index (χ1n) is 7.43. The normalized spacial score (nSPS) is 11.4. The van der Waals surface area contributed by atoms with Crippen LogP contribution in [-0.4, -0.2) is 16.9 Å². The molecule has 1 atom stereocenters. The summed E-state index contributed by atoms with van der Waals surface area (Å²) in [5.41, 5.74) is 8.85. The molecular formula is C18H17BrClN3OS. The van der Waals surface area contributed by atoms with Gasteiger partial charge in [0.25, 0.3) is 0 Å². The molecule has 0 bridgehead atoms. The summed E-state index contributed by atoms with van der Waals surface area (Å²) in [6, 6.07) is 17.0. The van der Waals surface area contributed by atoms with Crippen molar-refractivity contribution >= 4 is 50.7 Å². The summed E-state index contributed by atoms with van der Waals surface area (Å²) >= 11 is 4.83. The Balaban J connectivity index is 0.00000225. The first-order valence-corrected chi connectivity index (χ1v) is 9.11. The van der Waals surface area contributed by atoms with Gasteiger partial charge in [-0.3, -0.25) is 4.79 Å². The van der Waals surface area contributed by atoms with Crippen molar-refractivity contribution in [3.8, 4) is 11.3 Å². The number of nitrogens with two attached hydrogens (primary N) is 1. The lowest BCUT2D eigenvalue weighted by molar-refractivity contribution is -0.117. The van der Waals surface area contributed by atoms with E-state index in [1.54, 1.807) is 0 Å². The van der Waals surface area contributed by atoms with Crippen molar-refractivity contribution in [2.24, 2.45) is 5.73 Å². The first-order chi connectivity index (χ1) is 11.6. The fourth-order valence-corrected chi connectivity index (χ4v) is 3.39. The van der Waals surface area contributed by atoms with Crippen LogP contribution in [0.1, 0.15) is 5.56 Å². The second kappa shape index (κ2) is 9.10. The van der Waals surface area contributed by atoms with Gasteiger partial charge >= 0.3 is 0 Å². The van der Waals surface area contributed by atoms with E-state index in [-0.39, 0.29) is 18.3 Å². The summed E-state index contributed by atoms with van der Waals surface area (Å²) in [5.74, 6) is -0.228. The molecule has 0 aliphatic heterocycles. The number of amides is 1. The number of aromatic nitrogens is 1. The van der Waals surface area contributed by atoms with Crippen molar-refractivity contribution in [1.82, 2.24) is 4.98 Å². The molecule has 3 rings (SSSR count). The standard InChI is InChI=1S/C18H16BrN3OS.ClH/c19-14-8-4-7-13(10-14)16-11-24-18(21-16)22-17(23)15(20)9-12-5-2-1-3-6-12;/h1-8,10-11,15H,9,20H2,(H,21,22,23);1H. The van der Waals surface area contributed by atoms with Crippen LogP contribution in [0.5, 0.6) is 0 Å². The van der Waals surface area contributed by atoms with Gasteiger partial charge in [0.1, 0.15) is 0 Å². The summed E-state index contributed by atoms with van der Waals surface area (Å²) in [6.45, 7) is 0. The van der Waals surface area contributed by atoms with E-state index in [4.69, 9.17) is 5.73 Å². The zero-order valence-electron chi connectivity index (χ0n) is 13.2. The molecule has 3 N–H and O–H groups in total. The van der Waals surface area contributed by atoms with Crippen LogP contribution in [0.25, 0.3) is 11.3 Å². The van der Waals surface area contributed by atoms with Crippen molar-refractivity contribution in [1.29, 1.82) is 0 Å². The number of anilines is 1. The maximum atomic E-state index is 12.2. The van der Waals surface area contributed by atoms with Crippen LogP contribution in [0.3, 0.4) is 0 Å². The topological polar surface area (TPSA) is 68.0 Å². The first kappa shape index (κ1) is 19.6. The second-order valence-electron chi connectivity index (χ2n) is 5.33. The van der Waals surface area contributed by atoms with Crippen molar-refractivity contribution in [2.75, 3.05) is 5.32 Å². The minimum absolute atomic E-state index is 0. The van der Waals surface area contributed by atoms with Crippen molar-refractivity contribution in [3.05, 3.63) is 70.0 Å². The lowest BCUT2D eigenvalue weighted by Gasteiger charge is -2.10. The minimum Gasteiger partial charge on any atom is -0.320 e. The molecular weight excluding hydrogens is 422 g/mol. The monoisotopic (exact) mass is 437 g/mol. The SMILES string of the molecule is Cl.NC(Cc1ccccc1)C(=O)Nc1nc(-c2cccc(Br)c2)cs1. The molecule has 2 aromatic carbocycles. The van der Waals surface area contributed by atoms with Gasteiger partial charge in [-0.05, 0) is 24.1 Å². The lowest BCUT2D eigenvalue weighted by atomic mass is 10.1. The van der Waals surface area contributed by atoms with E-state index in [2.05, 4.69) is 26.2 Å². The predicted molar refractivity (Wildman–Crippen MR) is 109 cm³/mol. The number of benzene rings is 2. The van der Waals surface area contributed by atoms with Crippen LogP contribution in [0.4, 0.5) is 5.13 Å². The van der Waals surface area contributed by atoms with Gasteiger partial charge in [0.05, 0.1) is 11.7 Å². The Labute approximate surface area is 165 Å². The summed E-state index contributed by atoms with van der Waals surface area (Å²) in [5, 5.41) is 5.27. The van der Waals surface area contributed by atoms with Gasteiger partial charge < -0.3 is 11.1 Å². The van der Waals surface area contributed by atoms with Gasteiger partial charge in [-0.1, -0.05) is 58.4 Å². The van der Waals surface area contributed by atoms with Crippen LogP contribution >= 0.6 is 39.7 Å². The Bertz CT molecular complexity index is 841. The number of nitrogens with one attached hydrogen (secondary N) is 1. The number of carbonyl (C=O) groups is 1. The van der Waals surface area contributed by atoms with Gasteiger partial charge in [-0.25, -0.2) is 4.98 Å². The predicted octanol–water partition coefficient (Wildman–Crippen LogP) is 4.50. The molecule has 0 aliphatic rings. The molecule has 0 spiro atoms. The molecule has 0 saturated carbocycles. The van der Waals surface area contributed by atoms with Crippen LogP contribution in [0, 0.1) is 0 Å². The smallest absolute Gasteiger partial charge is 0.243 e. The maximum absolute atomic E-state index is 12.2. The molecule has 0 aliphatic carbocycles. The Hall–Kier alpha value is -1.73. The quantitative estimate of drug-likeness (QED) is 0.616. The molecule has 1 amide bonds. The van der Waals surface area contributed by atoms with Crippen LogP contribution in [0.15, 0.2) is 64.5 Å². The zero-order valence-corrected chi connectivity index (χ0v) is 16.4. The Morgan fingerprint density at radius 1 is 1.20 bits per heavy atom. The highest BCUT2D eigenvalue weighted by Crippen LogP contribution is 2.26. The third-order valence-electron chi connectivity index (χ3n) is 3.49. The molecule has 0 fully saturated rings. The highest BCUT2D eigenvalue weighted by Gasteiger charge is 2.16. The Morgan fingerprint density at radius 2 is 1.96 bits per heavy atom. The highest BCUT2D eigenvalue weighted by molar-refractivity contribution is 9.10. The maximum Gasteiger partial charge on any atom is 0.243 e. The zero-order chi connectivity index (χ0) is 16.9. The molecule has 7 heteroatoms. The Kier molecular flexibility index (Phi) is 7.13. The van der Waals surface area contributed by atoms with Gasteiger partial charge in [-0.2, -0.15) is 0 Å². The number of thiazole rings is 1. The summed E-state index contributed by atoms with van der Waals surface area (Å²) in [4.78, 5) is 16.7. The van der Waals surface area contributed by atoms with E-state index < -0.39 is 6.04 Å². The average Bonchev–Trinajstić information content (AvgIpc) is 3.04. The molecule has 1 unspecified atom stereocenters. The fraction of sp³-hybridized carbons (Fsp3) is 0.111. The lowest BCUT2D eigenvalue weighted by Crippen LogP contribution is -2.37. The number of carbonyl (C=O) groups excluding carboxylic acids is 1. The van der Waals surface area contributed by atoms with Gasteiger partial charge in [0.2, 0.25) is 5.91 Å². The van der Waals surface area contributed by atoms with Crippen LogP contribution in [0.2, 0.25) is 0 Å². The fourth-order valence-electron chi connectivity index (χ4n) is 2.27. The van der Waals surface area contributed by atoms with Crippen LogP contribution in [-0.2, 0) is 11.2 Å². The summed E-state index contributed by atoms with van der Waals surface area (Å²) in [7, 11) is 0. The average molecular weight is 439 g/mol. The molecule has 25 heavy (non-hydrogen) atoms. The number of rotatable bonds is 5. The van der Waals surface area contributed by atoms with Crippen molar-refractivity contribution < 1.29 is 4.79 Å². The molecule has 0 saturated heterocycles. The second-order valence-corrected chi connectivity index (χ2v) is 7.11. The summed E-state index contributed by atoms with van der Waals surface area (Å²) in [6.07, 6.45) is 0.497. The van der Waals surface area contributed by atoms with E-state index in [9.17, 15) is 4.79 Å². The number of hydrogen-bond acceptors (Lipinski definition) is 4. The third-order valence-corrected chi connectivity index (χ3v) is 4.74. The van der Waals surface area contributed by atoms with Gasteiger partial charge in [0.15, 0.2) is 5.13 Å². The van der Waals surface area contributed by atoms with Crippen molar-refractivity contribution in [2.45, 2.75) is 12.5 Å². The highest BCUT2D eigenvalue weighted by atomic mass is 79.9. The van der Waals surface area contributed by atoms with Crippen LogP contribution < -0.4 is 11.1 Å². The number of hydrogen-bond donors (Lipinski definition) is 2. The molecule has 4 nitrogen and oxygen atoms in total. The van der Waals surface area contributed by atoms with E-state index in [0.29, 0.717) is 11.6 Å². The Morgan fingerprint density at radius 3 is 2.68 bits per heavy atom. The van der Waals surface area contributed by atoms with Gasteiger partial charge in [-0.15, -0.1) is 23.7 Å². The van der Waals surface area contributed by atoms with Crippen molar-refractivity contribution in [3.63, 3.8) is 0 Å². The van der Waals surface area contributed by atoms with E-state index >= 15 is 0 Å². The molecule has 1 aromatic heterocycles.